The van der Waals surface area contributed by atoms with Crippen molar-refractivity contribution in [2.45, 2.75) is 25.9 Å². The molecule has 12 heteroatoms. The Morgan fingerprint density at radius 1 is 1.00 bits per heavy atom. The summed E-state index contributed by atoms with van der Waals surface area (Å²) in [7, 11) is -2.44. The van der Waals surface area contributed by atoms with Gasteiger partial charge in [0.25, 0.3) is 0 Å². The fourth-order valence-corrected chi connectivity index (χ4v) is 5.03. The molecule has 2 aromatic rings. The van der Waals surface area contributed by atoms with Crippen molar-refractivity contribution < 1.29 is 18.0 Å². The van der Waals surface area contributed by atoms with Crippen molar-refractivity contribution in [3.8, 4) is 0 Å². The Labute approximate surface area is 213 Å². The summed E-state index contributed by atoms with van der Waals surface area (Å²) < 4.78 is 26.0. The van der Waals surface area contributed by atoms with Crippen molar-refractivity contribution in [2.24, 2.45) is 0 Å². The molecule has 2 aromatic carbocycles. The van der Waals surface area contributed by atoms with Gasteiger partial charge in [0.2, 0.25) is 21.8 Å². The van der Waals surface area contributed by atoms with Crippen molar-refractivity contribution in [3.63, 3.8) is 0 Å². The van der Waals surface area contributed by atoms with Gasteiger partial charge in [0, 0.05) is 33.7 Å². The third kappa shape index (κ3) is 7.39. The molecule has 0 spiro atoms. The number of likely N-dealkylation sites (N-methyl/N-ethyl adjacent to an activating group) is 1. The number of hydrogen-bond acceptors (Lipinski definition) is 4. The second-order valence-corrected chi connectivity index (χ2v) is 10.8. The van der Waals surface area contributed by atoms with E-state index < -0.39 is 34.4 Å². The largest absolute Gasteiger partial charge is 0.357 e. The number of hydrogen-bond donors (Lipinski definition) is 1. The molecule has 0 heterocycles. The van der Waals surface area contributed by atoms with E-state index in [-0.39, 0.29) is 22.3 Å². The number of carbonyl (C=O) groups excluding carboxylic acids is 2. The number of nitrogens with one attached hydrogen (secondary N) is 1. The van der Waals surface area contributed by atoms with Crippen LogP contribution < -0.4 is 9.62 Å². The number of anilines is 1. The summed E-state index contributed by atoms with van der Waals surface area (Å²) in [6, 6.07) is 8.14. The van der Waals surface area contributed by atoms with Gasteiger partial charge in [-0.3, -0.25) is 13.9 Å². The minimum Gasteiger partial charge on any atom is -0.357 e. The third-order valence-electron chi connectivity index (χ3n) is 4.80. The second kappa shape index (κ2) is 11.6. The van der Waals surface area contributed by atoms with Gasteiger partial charge in [-0.1, -0.05) is 59.4 Å². The number of nitrogens with zero attached hydrogens (tertiary/aromatic N) is 2. The first-order valence-electron chi connectivity index (χ1n) is 9.76. The van der Waals surface area contributed by atoms with Crippen LogP contribution in [0.4, 0.5) is 5.69 Å². The zero-order chi connectivity index (χ0) is 24.9. The highest BCUT2D eigenvalue weighted by molar-refractivity contribution is 7.92. The van der Waals surface area contributed by atoms with E-state index in [1.165, 1.54) is 36.2 Å². The highest BCUT2D eigenvalue weighted by Gasteiger charge is 2.31. The molecule has 2 amide bonds. The molecule has 0 unspecified atom stereocenters. The molecule has 0 aromatic heterocycles. The molecule has 0 radical (unpaired) electrons. The maximum atomic E-state index is 13.5. The van der Waals surface area contributed by atoms with Gasteiger partial charge in [0.1, 0.15) is 12.6 Å². The lowest BCUT2D eigenvalue weighted by Gasteiger charge is -2.32. The van der Waals surface area contributed by atoms with Crippen LogP contribution in [0.25, 0.3) is 0 Å². The van der Waals surface area contributed by atoms with Crippen LogP contribution in [0.3, 0.4) is 0 Å². The Bertz CT molecular complexity index is 1120. The van der Waals surface area contributed by atoms with Gasteiger partial charge < -0.3 is 10.2 Å². The summed E-state index contributed by atoms with van der Waals surface area (Å²) in [5.74, 6) is -1.01. The van der Waals surface area contributed by atoms with Gasteiger partial charge in [-0.15, -0.1) is 0 Å². The van der Waals surface area contributed by atoms with Crippen molar-refractivity contribution in [1.82, 2.24) is 10.2 Å². The molecular weight excluding hydrogens is 532 g/mol. The van der Waals surface area contributed by atoms with E-state index in [1.807, 2.05) is 0 Å². The first-order valence-corrected chi connectivity index (χ1v) is 13.1. The van der Waals surface area contributed by atoms with E-state index >= 15 is 0 Å². The maximum absolute atomic E-state index is 13.5. The summed E-state index contributed by atoms with van der Waals surface area (Å²) in [6.07, 6.45) is 1.25. The molecule has 2 rings (SSSR count). The molecule has 180 valence electrons. The van der Waals surface area contributed by atoms with E-state index in [1.54, 1.807) is 19.1 Å². The first kappa shape index (κ1) is 27.5. The average Bonchev–Trinajstić information content (AvgIpc) is 2.71. The lowest BCUT2D eigenvalue weighted by atomic mass is 10.1. The Morgan fingerprint density at radius 2 is 1.61 bits per heavy atom. The van der Waals surface area contributed by atoms with Crippen LogP contribution in [-0.2, 0) is 26.2 Å². The molecule has 33 heavy (non-hydrogen) atoms. The number of carbonyl (C=O) groups is 2. The van der Waals surface area contributed by atoms with Crippen molar-refractivity contribution >= 4 is 73.9 Å². The van der Waals surface area contributed by atoms with Crippen LogP contribution in [0.1, 0.15) is 18.9 Å². The lowest BCUT2D eigenvalue weighted by molar-refractivity contribution is -0.140. The van der Waals surface area contributed by atoms with E-state index in [0.717, 1.165) is 10.6 Å². The fourth-order valence-electron chi connectivity index (χ4n) is 3.22. The predicted molar refractivity (Wildman–Crippen MR) is 134 cm³/mol. The highest BCUT2D eigenvalue weighted by atomic mass is 35.5. The quantitative estimate of drug-likeness (QED) is 0.490. The number of halogens is 4. The van der Waals surface area contributed by atoms with Gasteiger partial charge in [-0.2, -0.15) is 0 Å². The monoisotopic (exact) mass is 553 g/mol. The molecule has 1 atom stereocenters. The number of amides is 2. The minimum atomic E-state index is -3.90. The highest BCUT2D eigenvalue weighted by Crippen LogP contribution is 2.28. The molecule has 0 aliphatic rings. The van der Waals surface area contributed by atoms with E-state index in [9.17, 15) is 18.0 Å². The van der Waals surface area contributed by atoms with Crippen LogP contribution in [0, 0.1) is 0 Å². The molecule has 0 fully saturated rings. The molecule has 1 N–H and O–H groups in total. The first-order chi connectivity index (χ1) is 15.4. The molecule has 0 saturated heterocycles. The summed E-state index contributed by atoms with van der Waals surface area (Å²) in [4.78, 5) is 27.3. The van der Waals surface area contributed by atoms with Gasteiger partial charge in [-0.25, -0.2) is 8.42 Å². The van der Waals surface area contributed by atoms with Crippen LogP contribution in [0.15, 0.2) is 36.4 Å². The minimum absolute atomic E-state index is 0.0331. The normalized spacial score (nSPS) is 12.2. The van der Waals surface area contributed by atoms with E-state index in [4.69, 9.17) is 46.4 Å². The lowest BCUT2D eigenvalue weighted by Crippen LogP contribution is -2.51. The van der Waals surface area contributed by atoms with Gasteiger partial charge in [-0.05, 0) is 42.3 Å². The molecule has 0 bridgehead atoms. The van der Waals surface area contributed by atoms with Crippen molar-refractivity contribution in [2.75, 3.05) is 24.2 Å². The average molecular weight is 555 g/mol. The van der Waals surface area contributed by atoms with E-state index in [2.05, 4.69) is 5.32 Å². The Hall–Kier alpha value is -1.71. The summed E-state index contributed by atoms with van der Waals surface area (Å²) in [5, 5.41) is 3.69. The molecule has 7 nitrogen and oxygen atoms in total. The maximum Gasteiger partial charge on any atom is 0.244 e. The fraction of sp³-hybridized carbons (Fsp3) is 0.333. The zero-order valence-electron chi connectivity index (χ0n) is 18.1. The number of sulfonamides is 1. The summed E-state index contributed by atoms with van der Waals surface area (Å²) in [5.41, 5.74) is 0.675. The third-order valence-corrected chi connectivity index (χ3v) is 6.97. The molecule has 0 aliphatic carbocycles. The van der Waals surface area contributed by atoms with Crippen molar-refractivity contribution in [1.29, 1.82) is 0 Å². The second-order valence-electron chi connectivity index (χ2n) is 7.19. The van der Waals surface area contributed by atoms with Gasteiger partial charge in [0.05, 0.1) is 11.9 Å². The Kier molecular flexibility index (Phi) is 9.70. The van der Waals surface area contributed by atoms with Gasteiger partial charge in [0.15, 0.2) is 0 Å². The zero-order valence-corrected chi connectivity index (χ0v) is 22.0. The smallest absolute Gasteiger partial charge is 0.244 e. The summed E-state index contributed by atoms with van der Waals surface area (Å²) in [6.45, 7) is 1.14. The van der Waals surface area contributed by atoms with E-state index in [0.29, 0.717) is 22.0 Å². The standard InChI is InChI=1S/C21H23Cl4N3O4S/c1-4-19(21(30)26-2)27(11-13-5-6-14(22)10-18(13)25)20(29)12-28(33(3,31)32)17-8-15(23)7-16(24)9-17/h5-10,19H,4,11-12H2,1-3H3,(H,26,30)/t19-/m0/s1. The number of benzene rings is 2. The number of rotatable bonds is 9. The topological polar surface area (TPSA) is 86.8 Å². The Balaban J connectivity index is 2.49. The van der Waals surface area contributed by atoms with Crippen LogP contribution >= 0.6 is 46.4 Å². The molecular formula is C21H23Cl4N3O4S. The van der Waals surface area contributed by atoms with Crippen LogP contribution in [0.2, 0.25) is 20.1 Å². The summed E-state index contributed by atoms with van der Waals surface area (Å²) >= 11 is 24.3. The Morgan fingerprint density at radius 3 is 2.09 bits per heavy atom. The SMILES string of the molecule is CC[C@@H](C(=O)NC)N(Cc1ccc(Cl)cc1Cl)C(=O)CN(c1cc(Cl)cc(Cl)c1)S(C)(=O)=O. The molecule has 0 aliphatic heterocycles. The van der Waals surface area contributed by atoms with Gasteiger partial charge >= 0.3 is 0 Å². The van der Waals surface area contributed by atoms with Crippen LogP contribution in [-0.4, -0.2) is 51.0 Å². The predicted octanol–water partition coefficient (Wildman–Crippen LogP) is 4.62. The van der Waals surface area contributed by atoms with Crippen LogP contribution in [0.5, 0.6) is 0 Å². The molecule has 0 saturated carbocycles. The van der Waals surface area contributed by atoms with Crippen molar-refractivity contribution in [3.05, 3.63) is 62.1 Å².